The van der Waals surface area contributed by atoms with Crippen LogP contribution in [0.5, 0.6) is 0 Å². The fourth-order valence-corrected chi connectivity index (χ4v) is 1.47. The first kappa shape index (κ1) is 11.1. The highest BCUT2D eigenvalue weighted by Crippen LogP contribution is 2.28. The smallest absolute Gasteiger partial charge is 0.287 e. The van der Waals surface area contributed by atoms with Gasteiger partial charge in [-0.1, -0.05) is 11.6 Å². The fraction of sp³-hybridized carbons (Fsp3) is 0.111. The van der Waals surface area contributed by atoms with Crippen molar-refractivity contribution in [2.24, 2.45) is 0 Å². The quantitative estimate of drug-likeness (QED) is 0.438. The molecule has 0 unspecified atom stereocenters. The Morgan fingerprint density at radius 3 is 2.60 bits per heavy atom. The van der Waals surface area contributed by atoms with Gasteiger partial charge in [-0.3, -0.25) is 14.9 Å². The number of nitriles is 1. The van der Waals surface area contributed by atoms with Crippen LogP contribution in [0.15, 0.2) is 12.1 Å². The standard InChI is InChI=1S/C9H5ClN2O3/c1-5(13)9-6(4-11)8(12(14)15)3-2-7(9)10/h2-3H,1H3. The maximum atomic E-state index is 11.2. The number of carbonyl (C=O) groups excluding carboxylic acids is 1. The van der Waals surface area contributed by atoms with Gasteiger partial charge in [-0.05, 0) is 13.0 Å². The second kappa shape index (κ2) is 4.07. The minimum Gasteiger partial charge on any atom is -0.294 e. The van der Waals surface area contributed by atoms with Crippen LogP contribution in [0.4, 0.5) is 5.69 Å². The number of ketones is 1. The molecule has 0 saturated carbocycles. The molecule has 15 heavy (non-hydrogen) atoms. The van der Waals surface area contributed by atoms with Crippen LogP contribution < -0.4 is 0 Å². The molecule has 1 aromatic rings. The Labute approximate surface area is 90.0 Å². The van der Waals surface area contributed by atoms with Crippen LogP contribution in [0.2, 0.25) is 5.02 Å². The van der Waals surface area contributed by atoms with Crippen LogP contribution in [0.25, 0.3) is 0 Å². The summed E-state index contributed by atoms with van der Waals surface area (Å²) in [7, 11) is 0. The summed E-state index contributed by atoms with van der Waals surface area (Å²) in [6, 6.07) is 3.96. The molecule has 0 bridgehead atoms. The maximum absolute atomic E-state index is 11.2. The van der Waals surface area contributed by atoms with E-state index in [1.165, 1.54) is 13.0 Å². The summed E-state index contributed by atoms with van der Waals surface area (Å²) < 4.78 is 0. The molecule has 1 aromatic carbocycles. The van der Waals surface area contributed by atoms with Crippen molar-refractivity contribution < 1.29 is 9.72 Å². The minimum atomic E-state index is -0.721. The summed E-state index contributed by atoms with van der Waals surface area (Å²) >= 11 is 5.69. The van der Waals surface area contributed by atoms with E-state index in [-0.39, 0.29) is 16.1 Å². The largest absolute Gasteiger partial charge is 0.294 e. The van der Waals surface area contributed by atoms with E-state index < -0.39 is 16.4 Å². The lowest BCUT2D eigenvalue weighted by atomic mass is 10.0. The summed E-state index contributed by atoms with van der Waals surface area (Å²) in [4.78, 5) is 21.0. The topological polar surface area (TPSA) is 84.0 Å². The second-order valence-electron chi connectivity index (χ2n) is 2.74. The SMILES string of the molecule is CC(=O)c1c(Cl)ccc([N+](=O)[O-])c1C#N. The summed E-state index contributed by atoms with van der Waals surface area (Å²) in [6.45, 7) is 1.20. The van der Waals surface area contributed by atoms with Gasteiger partial charge in [0.25, 0.3) is 5.69 Å². The molecule has 0 atom stereocenters. The molecule has 0 aliphatic heterocycles. The molecule has 76 valence electrons. The predicted molar refractivity (Wildman–Crippen MR) is 52.8 cm³/mol. The lowest BCUT2D eigenvalue weighted by Gasteiger charge is -2.02. The number of hydrogen-bond acceptors (Lipinski definition) is 4. The van der Waals surface area contributed by atoms with Crippen LogP contribution in [-0.2, 0) is 0 Å². The van der Waals surface area contributed by atoms with E-state index in [9.17, 15) is 14.9 Å². The van der Waals surface area contributed by atoms with Crippen molar-refractivity contribution in [2.75, 3.05) is 0 Å². The van der Waals surface area contributed by atoms with Gasteiger partial charge < -0.3 is 0 Å². The third kappa shape index (κ3) is 1.95. The van der Waals surface area contributed by atoms with Gasteiger partial charge in [0.1, 0.15) is 11.6 Å². The number of Topliss-reactive ketones (excluding diaryl/α,β-unsaturated/α-hetero) is 1. The molecule has 0 saturated heterocycles. The van der Waals surface area contributed by atoms with Gasteiger partial charge in [-0.15, -0.1) is 0 Å². The molecule has 0 N–H and O–H groups in total. The third-order valence-corrected chi connectivity index (χ3v) is 2.11. The Morgan fingerprint density at radius 2 is 2.20 bits per heavy atom. The number of hydrogen-bond donors (Lipinski definition) is 0. The molecule has 6 heteroatoms. The number of nitro benzene ring substituents is 1. The highest BCUT2D eigenvalue weighted by Gasteiger charge is 2.22. The number of nitro groups is 1. The van der Waals surface area contributed by atoms with E-state index in [1.807, 2.05) is 0 Å². The lowest BCUT2D eigenvalue weighted by Crippen LogP contribution is -2.02. The molecule has 0 radical (unpaired) electrons. The molecule has 1 rings (SSSR count). The normalized spacial score (nSPS) is 9.40. The highest BCUT2D eigenvalue weighted by molar-refractivity contribution is 6.34. The van der Waals surface area contributed by atoms with Crippen LogP contribution in [0, 0.1) is 21.4 Å². The Hall–Kier alpha value is -1.93. The molecule has 5 nitrogen and oxygen atoms in total. The Kier molecular flexibility index (Phi) is 3.02. The first-order chi connectivity index (χ1) is 6.99. The molecule has 0 fully saturated rings. The summed E-state index contributed by atoms with van der Waals surface area (Å²) in [5, 5.41) is 19.4. The molecule has 0 aromatic heterocycles. The number of nitrogens with zero attached hydrogens (tertiary/aromatic N) is 2. The molecular weight excluding hydrogens is 220 g/mol. The van der Waals surface area contributed by atoms with E-state index >= 15 is 0 Å². The van der Waals surface area contributed by atoms with Gasteiger partial charge in [0, 0.05) is 6.07 Å². The van der Waals surface area contributed by atoms with Gasteiger partial charge in [0.2, 0.25) is 0 Å². The lowest BCUT2D eigenvalue weighted by molar-refractivity contribution is -0.385. The number of carbonyl (C=O) groups is 1. The molecule has 0 heterocycles. The zero-order valence-electron chi connectivity index (χ0n) is 7.65. The van der Waals surface area contributed by atoms with Gasteiger partial charge in [0.05, 0.1) is 15.5 Å². The van der Waals surface area contributed by atoms with Crippen molar-refractivity contribution in [3.8, 4) is 6.07 Å². The zero-order valence-corrected chi connectivity index (χ0v) is 8.41. The average Bonchev–Trinajstić information content (AvgIpc) is 2.15. The molecule has 0 aliphatic carbocycles. The van der Waals surface area contributed by atoms with E-state index in [2.05, 4.69) is 0 Å². The second-order valence-corrected chi connectivity index (χ2v) is 3.15. The third-order valence-electron chi connectivity index (χ3n) is 1.79. The molecule has 0 spiro atoms. The predicted octanol–water partition coefficient (Wildman–Crippen LogP) is 2.32. The number of benzene rings is 1. The Morgan fingerprint density at radius 1 is 1.60 bits per heavy atom. The fourth-order valence-electron chi connectivity index (χ4n) is 1.18. The van der Waals surface area contributed by atoms with Crippen molar-refractivity contribution in [3.63, 3.8) is 0 Å². The van der Waals surface area contributed by atoms with Crippen molar-refractivity contribution in [1.82, 2.24) is 0 Å². The van der Waals surface area contributed by atoms with Crippen molar-refractivity contribution in [3.05, 3.63) is 38.4 Å². The Bertz CT molecular complexity index is 491. The first-order valence-electron chi connectivity index (χ1n) is 3.87. The van der Waals surface area contributed by atoms with Crippen LogP contribution in [0.3, 0.4) is 0 Å². The zero-order chi connectivity index (χ0) is 11.6. The van der Waals surface area contributed by atoms with Crippen molar-refractivity contribution in [1.29, 1.82) is 5.26 Å². The van der Waals surface area contributed by atoms with Gasteiger partial charge >= 0.3 is 0 Å². The van der Waals surface area contributed by atoms with Gasteiger partial charge in [0.15, 0.2) is 5.78 Å². The molecule has 0 aliphatic rings. The van der Waals surface area contributed by atoms with E-state index in [0.29, 0.717) is 0 Å². The maximum Gasteiger partial charge on any atom is 0.287 e. The van der Waals surface area contributed by atoms with Gasteiger partial charge in [-0.2, -0.15) is 5.26 Å². The van der Waals surface area contributed by atoms with Crippen molar-refractivity contribution >= 4 is 23.1 Å². The summed E-state index contributed by atoms with van der Waals surface area (Å²) in [5.41, 5.74) is -0.805. The number of halogens is 1. The monoisotopic (exact) mass is 224 g/mol. The van der Waals surface area contributed by atoms with Crippen molar-refractivity contribution in [2.45, 2.75) is 6.92 Å². The average molecular weight is 225 g/mol. The molecule has 0 amide bonds. The van der Waals surface area contributed by atoms with Crippen LogP contribution >= 0.6 is 11.6 Å². The first-order valence-corrected chi connectivity index (χ1v) is 4.24. The highest BCUT2D eigenvalue weighted by atomic mass is 35.5. The molecular formula is C9H5ClN2O3. The summed E-state index contributed by atoms with van der Waals surface area (Å²) in [6.07, 6.45) is 0. The number of rotatable bonds is 2. The summed E-state index contributed by atoms with van der Waals surface area (Å²) in [5.74, 6) is -0.472. The van der Waals surface area contributed by atoms with E-state index in [0.717, 1.165) is 6.07 Å². The van der Waals surface area contributed by atoms with Crippen LogP contribution in [0.1, 0.15) is 22.8 Å². The Balaban J connectivity index is 3.64. The van der Waals surface area contributed by atoms with Gasteiger partial charge in [-0.25, -0.2) is 0 Å². The minimum absolute atomic E-state index is 0.0460. The van der Waals surface area contributed by atoms with Crippen LogP contribution in [-0.4, -0.2) is 10.7 Å². The van der Waals surface area contributed by atoms with E-state index in [4.69, 9.17) is 16.9 Å². The van der Waals surface area contributed by atoms with E-state index in [1.54, 1.807) is 6.07 Å².